The molecule has 4 heteroatoms. The van der Waals surface area contributed by atoms with Crippen molar-refractivity contribution >= 4 is 17.3 Å². The van der Waals surface area contributed by atoms with Gasteiger partial charge in [-0.25, -0.2) is 0 Å². The molecular formula is C7H6ClNO2. The minimum atomic E-state index is 0.0717. The van der Waals surface area contributed by atoms with E-state index >= 15 is 0 Å². The number of phenolic OH excluding ortho intramolecular Hbond substituents is 1. The van der Waals surface area contributed by atoms with Crippen LogP contribution in [0.2, 0.25) is 5.02 Å². The second-order valence-electron chi connectivity index (χ2n) is 2.18. The summed E-state index contributed by atoms with van der Waals surface area (Å²) in [6.07, 6.45) is 0. The molecule has 0 aliphatic carbocycles. The Labute approximate surface area is 68.6 Å². The van der Waals surface area contributed by atoms with Crippen LogP contribution in [-0.4, -0.2) is 5.11 Å². The molecule has 0 heterocycles. The molecule has 0 amide bonds. The number of phenols is 1. The Morgan fingerprint density at radius 2 is 2.18 bits per heavy atom. The van der Waals surface area contributed by atoms with Gasteiger partial charge >= 0.3 is 0 Å². The Hall–Kier alpha value is -1.09. The average molecular weight is 172 g/mol. The number of rotatable bonds is 1. The van der Waals surface area contributed by atoms with Crippen LogP contribution < -0.4 is 0 Å². The molecule has 0 unspecified atom stereocenters. The van der Waals surface area contributed by atoms with Crippen molar-refractivity contribution in [2.45, 2.75) is 6.92 Å². The first-order valence-electron chi connectivity index (χ1n) is 2.97. The van der Waals surface area contributed by atoms with Gasteiger partial charge < -0.3 is 5.11 Å². The van der Waals surface area contributed by atoms with Gasteiger partial charge in [-0.15, -0.1) is 4.91 Å². The lowest BCUT2D eigenvalue weighted by Gasteiger charge is -1.99. The quantitative estimate of drug-likeness (QED) is 0.661. The molecule has 1 aromatic carbocycles. The third kappa shape index (κ3) is 1.49. The lowest BCUT2D eigenvalue weighted by molar-refractivity contribution is 0.471. The predicted molar refractivity (Wildman–Crippen MR) is 43.3 cm³/mol. The number of aryl methyl sites for hydroxylation is 1. The second kappa shape index (κ2) is 2.88. The van der Waals surface area contributed by atoms with E-state index in [1.54, 1.807) is 6.92 Å². The molecule has 11 heavy (non-hydrogen) atoms. The highest BCUT2D eigenvalue weighted by Crippen LogP contribution is 2.31. The van der Waals surface area contributed by atoms with Crippen LogP contribution in [-0.2, 0) is 0 Å². The van der Waals surface area contributed by atoms with Crippen molar-refractivity contribution in [1.82, 2.24) is 0 Å². The van der Waals surface area contributed by atoms with Gasteiger partial charge in [0.15, 0.2) is 0 Å². The molecular weight excluding hydrogens is 166 g/mol. The van der Waals surface area contributed by atoms with Crippen LogP contribution in [0.3, 0.4) is 0 Å². The van der Waals surface area contributed by atoms with E-state index in [9.17, 15) is 4.91 Å². The molecule has 0 fully saturated rings. The van der Waals surface area contributed by atoms with Crippen molar-refractivity contribution < 1.29 is 5.11 Å². The summed E-state index contributed by atoms with van der Waals surface area (Å²) in [7, 11) is 0. The zero-order valence-electron chi connectivity index (χ0n) is 5.84. The fraction of sp³-hybridized carbons (Fsp3) is 0.143. The number of aromatic hydroxyl groups is 1. The highest BCUT2D eigenvalue weighted by molar-refractivity contribution is 6.33. The fourth-order valence-corrected chi connectivity index (χ4v) is 0.918. The van der Waals surface area contributed by atoms with Crippen LogP contribution in [0.4, 0.5) is 5.69 Å². The summed E-state index contributed by atoms with van der Waals surface area (Å²) < 4.78 is 0. The van der Waals surface area contributed by atoms with Crippen molar-refractivity contribution in [2.75, 3.05) is 0 Å². The highest BCUT2D eigenvalue weighted by atomic mass is 35.5. The van der Waals surface area contributed by atoms with Gasteiger partial charge in [-0.05, 0) is 23.7 Å². The zero-order valence-corrected chi connectivity index (χ0v) is 6.59. The Morgan fingerprint density at radius 3 is 2.73 bits per heavy atom. The summed E-state index contributed by atoms with van der Waals surface area (Å²) in [5.74, 6) is 0.0717. The SMILES string of the molecule is Cc1cc(N=O)c(Cl)cc1O. The maximum Gasteiger partial charge on any atom is 0.127 e. The zero-order chi connectivity index (χ0) is 8.43. The molecule has 1 N–H and O–H groups in total. The molecule has 1 rings (SSSR count). The summed E-state index contributed by atoms with van der Waals surface area (Å²) in [6.45, 7) is 1.67. The van der Waals surface area contributed by atoms with Gasteiger partial charge in [0.25, 0.3) is 0 Å². The van der Waals surface area contributed by atoms with Crippen molar-refractivity contribution in [3.05, 3.63) is 27.6 Å². The number of benzene rings is 1. The summed E-state index contributed by atoms with van der Waals surface area (Å²) >= 11 is 5.55. The summed E-state index contributed by atoms with van der Waals surface area (Å²) in [6, 6.07) is 2.73. The van der Waals surface area contributed by atoms with E-state index < -0.39 is 0 Å². The number of hydrogen-bond donors (Lipinski definition) is 1. The first-order valence-corrected chi connectivity index (χ1v) is 3.35. The van der Waals surface area contributed by atoms with Gasteiger partial charge in [-0.2, -0.15) is 0 Å². The number of nitroso groups, excluding NO2 is 1. The fourth-order valence-electron chi connectivity index (χ4n) is 0.726. The van der Waals surface area contributed by atoms with Gasteiger partial charge in [0.1, 0.15) is 11.4 Å². The van der Waals surface area contributed by atoms with Gasteiger partial charge in [-0.3, -0.25) is 0 Å². The standard InChI is InChI=1S/C7H6ClNO2/c1-4-2-6(9-11)5(8)3-7(4)10/h2-3,10H,1H3. The molecule has 1 aromatic rings. The first kappa shape index (κ1) is 8.01. The molecule has 0 atom stereocenters. The van der Waals surface area contributed by atoms with Crippen molar-refractivity contribution in [3.63, 3.8) is 0 Å². The monoisotopic (exact) mass is 171 g/mol. The van der Waals surface area contributed by atoms with E-state index in [2.05, 4.69) is 5.18 Å². The average Bonchev–Trinajstić information content (AvgIpc) is 1.97. The van der Waals surface area contributed by atoms with Crippen LogP contribution in [0.5, 0.6) is 5.75 Å². The Balaban J connectivity index is 3.31. The van der Waals surface area contributed by atoms with E-state index in [-0.39, 0.29) is 16.5 Å². The minimum Gasteiger partial charge on any atom is -0.508 e. The predicted octanol–water partition coefficient (Wildman–Crippen LogP) is 2.75. The van der Waals surface area contributed by atoms with E-state index in [1.807, 2.05) is 0 Å². The molecule has 0 aliphatic heterocycles. The Morgan fingerprint density at radius 1 is 1.55 bits per heavy atom. The molecule has 0 radical (unpaired) electrons. The second-order valence-corrected chi connectivity index (χ2v) is 2.59. The van der Waals surface area contributed by atoms with E-state index in [4.69, 9.17) is 16.7 Å². The molecule has 58 valence electrons. The lowest BCUT2D eigenvalue weighted by atomic mass is 10.2. The third-order valence-corrected chi connectivity index (χ3v) is 1.67. The van der Waals surface area contributed by atoms with Crippen molar-refractivity contribution in [3.8, 4) is 5.75 Å². The van der Waals surface area contributed by atoms with Crippen LogP contribution in [0.1, 0.15) is 5.56 Å². The lowest BCUT2D eigenvalue weighted by Crippen LogP contribution is -1.74. The largest absolute Gasteiger partial charge is 0.508 e. The smallest absolute Gasteiger partial charge is 0.127 e. The van der Waals surface area contributed by atoms with Crippen LogP contribution in [0.25, 0.3) is 0 Å². The maximum absolute atomic E-state index is 10.1. The Bertz CT molecular complexity index is 299. The van der Waals surface area contributed by atoms with Crippen molar-refractivity contribution in [1.29, 1.82) is 0 Å². The summed E-state index contributed by atoms with van der Waals surface area (Å²) in [4.78, 5) is 10.1. The summed E-state index contributed by atoms with van der Waals surface area (Å²) in [5, 5.41) is 11.9. The van der Waals surface area contributed by atoms with Gasteiger partial charge in [0.2, 0.25) is 0 Å². The van der Waals surface area contributed by atoms with E-state index in [0.717, 1.165) is 0 Å². The Kier molecular flexibility index (Phi) is 2.10. The van der Waals surface area contributed by atoms with Crippen molar-refractivity contribution in [2.24, 2.45) is 5.18 Å². The molecule has 0 spiro atoms. The normalized spacial score (nSPS) is 9.64. The molecule has 3 nitrogen and oxygen atoms in total. The van der Waals surface area contributed by atoms with E-state index in [0.29, 0.717) is 5.56 Å². The third-order valence-electron chi connectivity index (χ3n) is 1.36. The topological polar surface area (TPSA) is 49.7 Å². The van der Waals surface area contributed by atoms with Crippen LogP contribution in [0, 0.1) is 11.8 Å². The molecule has 0 bridgehead atoms. The summed E-state index contributed by atoms with van der Waals surface area (Å²) in [5.41, 5.74) is 0.742. The maximum atomic E-state index is 10.1. The van der Waals surface area contributed by atoms with Crippen LogP contribution >= 0.6 is 11.6 Å². The molecule has 0 saturated heterocycles. The highest BCUT2D eigenvalue weighted by Gasteiger charge is 2.04. The number of halogens is 1. The van der Waals surface area contributed by atoms with Gasteiger partial charge in [0.05, 0.1) is 5.02 Å². The number of hydrogen-bond acceptors (Lipinski definition) is 3. The minimum absolute atomic E-state index is 0.0717. The molecule has 0 aliphatic rings. The van der Waals surface area contributed by atoms with E-state index in [1.165, 1.54) is 12.1 Å². The van der Waals surface area contributed by atoms with Gasteiger partial charge in [-0.1, -0.05) is 11.6 Å². The van der Waals surface area contributed by atoms with Gasteiger partial charge in [0, 0.05) is 6.07 Å². The van der Waals surface area contributed by atoms with Crippen LogP contribution in [0.15, 0.2) is 17.3 Å². The first-order chi connectivity index (χ1) is 5.15. The molecule has 0 saturated carbocycles. The number of nitrogens with zero attached hydrogens (tertiary/aromatic N) is 1. The molecule has 0 aromatic heterocycles.